The highest BCUT2D eigenvalue weighted by molar-refractivity contribution is 6.01. The molecule has 0 spiro atoms. The zero-order chi connectivity index (χ0) is 24.6. The number of halogens is 3. The molecule has 0 radical (unpaired) electrons. The molecule has 0 bridgehead atoms. The van der Waals surface area contributed by atoms with Crippen LogP contribution in [0.2, 0.25) is 0 Å². The number of ketones is 2. The second-order valence-corrected chi connectivity index (χ2v) is 10.6. The molecular formula is C24H29F3O6. The number of aliphatic hydroxyl groups excluding tert-OH is 1. The number of carbonyl (C=O) groups is 3. The van der Waals surface area contributed by atoms with Crippen molar-refractivity contribution in [2.45, 2.75) is 64.3 Å². The molecule has 0 aromatic heterocycles. The van der Waals surface area contributed by atoms with E-state index in [9.17, 15) is 37.8 Å². The van der Waals surface area contributed by atoms with Crippen LogP contribution in [0.1, 0.15) is 46.5 Å². The molecule has 0 aromatic rings. The van der Waals surface area contributed by atoms with Gasteiger partial charge in [-0.05, 0) is 55.6 Å². The van der Waals surface area contributed by atoms with E-state index in [0.29, 0.717) is 19.3 Å². The number of alkyl halides is 3. The fraction of sp³-hybridized carbons (Fsp3) is 0.708. The Morgan fingerprint density at radius 1 is 1.27 bits per heavy atom. The molecule has 182 valence electrons. The van der Waals surface area contributed by atoms with Gasteiger partial charge in [-0.1, -0.05) is 32.4 Å². The number of Topliss-reactive ketones (excluding diaryl/α,β-unsaturated/α-hetero) is 1. The summed E-state index contributed by atoms with van der Waals surface area (Å²) in [7, 11) is 0. The summed E-state index contributed by atoms with van der Waals surface area (Å²) in [6.07, 6.45) is 0.705. The number of hydrogen-bond donors (Lipinski definition) is 2. The number of carbonyl (C=O) groups excluding carboxylic acids is 3. The zero-order valence-electron chi connectivity index (χ0n) is 18.8. The van der Waals surface area contributed by atoms with Crippen LogP contribution in [-0.2, 0) is 19.1 Å². The van der Waals surface area contributed by atoms with E-state index in [1.54, 1.807) is 19.9 Å². The Kier molecular flexibility index (Phi) is 5.49. The molecule has 2 N–H and O–H groups in total. The van der Waals surface area contributed by atoms with Gasteiger partial charge in [-0.2, -0.15) is 13.2 Å². The summed E-state index contributed by atoms with van der Waals surface area (Å²) in [6.45, 7) is 4.19. The smallest absolute Gasteiger partial charge is 0.451 e. The van der Waals surface area contributed by atoms with Gasteiger partial charge in [-0.25, -0.2) is 4.79 Å². The van der Waals surface area contributed by atoms with Crippen LogP contribution in [0.25, 0.3) is 0 Å². The molecule has 4 rings (SSSR count). The fourth-order valence-corrected chi connectivity index (χ4v) is 7.58. The standard InChI is InChI=1S/C24H29F3O6/c1-12-8-16-15-5-4-13-9-14(28)6-7-21(13,2)19(15)17(29)10-22(16,3)23(12,32)18(30)11-33-20(31)24(25,26)27/h6-7,9,12,15-17,19,29,32H,4-5,8,10-11H2,1-3H3/t12-,15?,16?,17?,19?,21+,22+,23+/m1/s1. The van der Waals surface area contributed by atoms with Crippen LogP contribution in [0.15, 0.2) is 23.8 Å². The third-order valence-corrected chi connectivity index (χ3v) is 9.07. The molecule has 3 saturated carbocycles. The van der Waals surface area contributed by atoms with E-state index >= 15 is 0 Å². The van der Waals surface area contributed by atoms with E-state index in [2.05, 4.69) is 4.74 Å². The summed E-state index contributed by atoms with van der Waals surface area (Å²) in [5.41, 5.74) is -2.69. The Balaban J connectivity index is 1.64. The topological polar surface area (TPSA) is 101 Å². The lowest BCUT2D eigenvalue weighted by Gasteiger charge is -2.59. The first-order valence-corrected chi connectivity index (χ1v) is 11.3. The number of ether oxygens (including phenoxy) is 1. The van der Waals surface area contributed by atoms with Crippen LogP contribution in [0.4, 0.5) is 13.2 Å². The Morgan fingerprint density at radius 3 is 2.58 bits per heavy atom. The summed E-state index contributed by atoms with van der Waals surface area (Å²) in [6, 6.07) is 0. The number of allylic oxidation sites excluding steroid dienone is 4. The second kappa shape index (κ2) is 7.50. The monoisotopic (exact) mass is 470 g/mol. The van der Waals surface area contributed by atoms with Gasteiger partial charge in [-0.15, -0.1) is 0 Å². The van der Waals surface area contributed by atoms with Gasteiger partial charge in [-0.3, -0.25) is 9.59 Å². The molecule has 4 unspecified atom stereocenters. The molecule has 33 heavy (non-hydrogen) atoms. The van der Waals surface area contributed by atoms with Crippen molar-refractivity contribution in [3.63, 3.8) is 0 Å². The third-order valence-electron chi connectivity index (χ3n) is 9.07. The van der Waals surface area contributed by atoms with Gasteiger partial charge < -0.3 is 14.9 Å². The fourth-order valence-electron chi connectivity index (χ4n) is 7.58. The summed E-state index contributed by atoms with van der Waals surface area (Å²) in [5.74, 6) is -4.57. The molecule has 0 aromatic carbocycles. The highest BCUT2D eigenvalue weighted by Gasteiger charge is 2.70. The van der Waals surface area contributed by atoms with E-state index in [4.69, 9.17) is 0 Å². The highest BCUT2D eigenvalue weighted by atomic mass is 19.4. The van der Waals surface area contributed by atoms with E-state index < -0.39 is 53.0 Å². The SMILES string of the molecule is C[C@@H]1CC2C3CCC4=CC(=O)C=C[C@]4(C)C3C(O)C[C@]2(C)[C@@]1(O)C(=O)COC(=O)C(F)(F)F. The molecular weight excluding hydrogens is 441 g/mol. The number of rotatable bonds is 3. The van der Waals surface area contributed by atoms with Crippen molar-refractivity contribution in [1.82, 2.24) is 0 Å². The van der Waals surface area contributed by atoms with Crippen molar-refractivity contribution in [1.29, 1.82) is 0 Å². The normalized spacial score (nSPS) is 44.4. The van der Waals surface area contributed by atoms with Crippen molar-refractivity contribution in [3.05, 3.63) is 23.8 Å². The first-order valence-electron chi connectivity index (χ1n) is 11.3. The Hall–Kier alpha value is -2.00. The van der Waals surface area contributed by atoms with Crippen molar-refractivity contribution < 1.29 is 42.5 Å². The maximum Gasteiger partial charge on any atom is 0.490 e. The third kappa shape index (κ3) is 3.33. The average molecular weight is 470 g/mol. The minimum atomic E-state index is -5.23. The summed E-state index contributed by atoms with van der Waals surface area (Å²) < 4.78 is 41.7. The molecule has 3 fully saturated rings. The van der Waals surface area contributed by atoms with E-state index in [0.717, 1.165) is 5.57 Å². The Bertz CT molecular complexity index is 954. The maximum atomic E-state index is 13.0. The average Bonchev–Trinajstić information content (AvgIpc) is 2.92. The quantitative estimate of drug-likeness (QED) is 0.616. The van der Waals surface area contributed by atoms with Gasteiger partial charge in [0.15, 0.2) is 12.4 Å². The molecule has 8 atom stereocenters. The predicted octanol–water partition coefficient (Wildman–Crippen LogP) is 2.92. The van der Waals surface area contributed by atoms with Crippen LogP contribution < -0.4 is 0 Å². The van der Waals surface area contributed by atoms with Gasteiger partial charge in [0, 0.05) is 16.7 Å². The molecule has 0 aliphatic heterocycles. The van der Waals surface area contributed by atoms with E-state index in [1.165, 1.54) is 6.08 Å². The van der Waals surface area contributed by atoms with Crippen LogP contribution >= 0.6 is 0 Å². The minimum Gasteiger partial charge on any atom is -0.451 e. The number of fused-ring (bicyclic) bond motifs is 5. The summed E-state index contributed by atoms with van der Waals surface area (Å²) in [4.78, 5) is 36.0. The lowest BCUT2D eigenvalue weighted by atomic mass is 9.46. The number of aliphatic hydroxyl groups is 2. The van der Waals surface area contributed by atoms with Crippen LogP contribution in [-0.4, -0.2) is 52.2 Å². The van der Waals surface area contributed by atoms with Crippen molar-refractivity contribution in [2.75, 3.05) is 6.61 Å². The second-order valence-electron chi connectivity index (χ2n) is 10.6. The summed E-state index contributed by atoms with van der Waals surface area (Å²) in [5, 5.41) is 22.9. The van der Waals surface area contributed by atoms with Crippen LogP contribution in [0.3, 0.4) is 0 Å². The molecule has 4 aliphatic carbocycles. The van der Waals surface area contributed by atoms with Crippen molar-refractivity contribution in [2.24, 2.45) is 34.5 Å². The first kappa shape index (κ1) is 24.1. The van der Waals surface area contributed by atoms with Crippen LogP contribution in [0.5, 0.6) is 0 Å². The first-order chi connectivity index (χ1) is 15.2. The molecule has 0 amide bonds. The Morgan fingerprint density at radius 2 is 1.94 bits per heavy atom. The van der Waals surface area contributed by atoms with E-state index in [1.807, 2.05) is 13.0 Å². The highest BCUT2D eigenvalue weighted by Crippen LogP contribution is 2.68. The number of esters is 1. The molecule has 0 heterocycles. The Labute approximate surface area is 189 Å². The lowest BCUT2D eigenvalue weighted by molar-refractivity contribution is -0.204. The van der Waals surface area contributed by atoms with Crippen molar-refractivity contribution in [3.8, 4) is 0 Å². The predicted molar refractivity (Wildman–Crippen MR) is 110 cm³/mol. The summed E-state index contributed by atoms with van der Waals surface area (Å²) >= 11 is 0. The molecule has 0 saturated heterocycles. The van der Waals surface area contributed by atoms with Gasteiger partial charge in [0.25, 0.3) is 0 Å². The lowest BCUT2D eigenvalue weighted by Crippen LogP contribution is -2.63. The minimum absolute atomic E-state index is 0.0549. The largest absolute Gasteiger partial charge is 0.490 e. The molecule has 6 nitrogen and oxygen atoms in total. The van der Waals surface area contributed by atoms with Crippen molar-refractivity contribution >= 4 is 17.5 Å². The van der Waals surface area contributed by atoms with Gasteiger partial charge >= 0.3 is 12.1 Å². The van der Waals surface area contributed by atoms with Gasteiger partial charge in [0.1, 0.15) is 5.60 Å². The molecule has 4 aliphatic rings. The maximum absolute atomic E-state index is 13.0. The molecule has 9 heteroatoms. The van der Waals surface area contributed by atoms with Crippen LogP contribution in [0, 0.1) is 34.5 Å². The number of hydrogen-bond acceptors (Lipinski definition) is 6. The van der Waals surface area contributed by atoms with E-state index in [-0.39, 0.29) is 30.0 Å². The van der Waals surface area contributed by atoms with Gasteiger partial charge in [0.05, 0.1) is 6.10 Å². The van der Waals surface area contributed by atoms with Gasteiger partial charge in [0.2, 0.25) is 5.78 Å². The zero-order valence-corrected chi connectivity index (χ0v) is 18.8.